The molecule has 2 aliphatic rings. The number of fused-ring (bicyclic) bond motifs is 1. The van der Waals surface area contributed by atoms with Crippen LogP contribution in [0.5, 0.6) is 0 Å². The molecule has 1 aliphatic heterocycles. The van der Waals surface area contributed by atoms with Crippen molar-refractivity contribution in [2.45, 2.75) is 58.5 Å². The van der Waals surface area contributed by atoms with Crippen LogP contribution in [0.1, 0.15) is 77.4 Å². The summed E-state index contributed by atoms with van der Waals surface area (Å²) in [6.45, 7) is 6.54. The summed E-state index contributed by atoms with van der Waals surface area (Å²) in [7, 11) is 0. The second-order valence-electron chi connectivity index (χ2n) is 14.0. The fraction of sp³-hybridized carbons (Fsp3) is 0.213. The molecule has 0 N–H and O–H groups in total. The van der Waals surface area contributed by atoms with Crippen LogP contribution in [0.15, 0.2) is 143 Å². The Morgan fingerprint density at radius 2 is 1.39 bits per heavy atom. The monoisotopic (exact) mass is 818 g/mol. The number of aromatic nitrogens is 6. The molecular weight excluding hydrogens is 776 g/mol. The Morgan fingerprint density at radius 3 is 2.00 bits per heavy atom. The molecule has 0 amide bonds. The van der Waals surface area contributed by atoms with Crippen LogP contribution in [0.3, 0.4) is 0 Å². The third kappa shape index (κ3) is 6.88. The number of aryl methyl sites for hydroxylation is 2. The molecular formula is C47H43BrN6O3. The van der Waals surface area contributed by atoms with Crippen LogP contribution < -0.4 is 0 Å². The van der Waals surface area contributed by atoms with Crippen molar-refractivity contribution in [1.29, 1.82) is 0 Å². The molecule has 8 rings (SSSR count). The Labute approximate surface area is 340 Å². The van der Waals surface area contributed by atoms with Gasteiger partial charge in [-0.05, 0) is 80.9 Å². The first kappa shape index (κ1) is 37.8. The fourth-order valence-electron chi connectivity index (χ4n) is 8.03. The Balaban J connectivity index is 1.32. The van der Waals surface area contributed by atoms with Crippen LogP contribution >= 0.6 is 15.9 Å². The van der Waals surface area contributed by atoms with E-state index in [0.717, 1.165) is 86.1 Å². The number of carbonyl (C=O) groups is 1. The number of hydrogen-bond donors (Lipinski definition) is 0. The first-order chi connectivity index (χ1) is 28.0. The second-order valence-corrected chi connectivity index (χ2v) is 14.8. The number of hydrogen-bond acceptors (Lipinski definition) is 7. The molecule has 10 heteroatoms. The molecule has 286 valence electrons. The van der Waals surface area contributed by atoms with Gasteiger partial charge in [-0.2, -0.15) is 0 Å². The summed E-state index contributed by atoms with van der Waals surface area (Å²) in [4.78, 5) is 20.2. The maximum atomic E-state index is 13.5. The van der Waals surface area contributed by atoms with E-state index in [-0.39, 0.29) is 12.6 Å². The number of halogens is 1. The van der Waals surface area contributed by atoms with Crippen molar-refractivity contribution in [2.75, 3.05) is 6.61 Å². The number of unbranched alkanes of at least 4 members (excludes halogenated alkanes) is 2. The van der Waals surface area contributed by atoms with Crippen LogP contribution in [-0.2, 0) is 23.2 Å². The Bertz CT molecular complexity index is 2480. The van der Waals surface area contributed by atoms with Crippen molar-refractivity contribution in [3.05, 3.63) is 178 Å². The molecule has 4 aromatic carbocycles. The molecule has 0 unspecified atom stereocenters. The number of ether oxygens (including phenoxy) is 1. The molecule has 0 saturated heterocycles. The van der Waals surface area contributed by atoms with Crippen LogP contribution in [0.2, 0.25) is 0 Å². The van der Waals surface area contributed by atoms with Crippen molar-refractivity contribution in [3.8, 4) is 33.6 Å². The lowest BCUT2D eigenvalue weighted by molar-refractivity contribution is 0.0513. The first-order valence-electron chi connectivity index (χ1n) is 19.4. The molecule has 0 bridgehead atoms. The summed E-state index contributed by atoms with van der Waals surface area (Å²) in [5.74, 6) is 0.949. The van der Waals surface area contributed by atoms with E-state index in [1.54, 1.807) is 17.3 Å². The van der Waals surface area contributed by atoms with Gasteiger partial charge >= 0.3 is 5.97 Å². The minimum atomic E-state index is -0.927. The van der Waals surface area contributed by atoms with Crippen molar-refractivity contribution in [3.63, 3.8) is 0 Å². The minimum absolute atomic E-state index is 0.271. The van der Waals surface area contributed by atoms with Crippen molar-refractivity contribution in [2.24, 2.45) is 0 Å². The van der Waals surface area contributed by atoms with E-state index in [0.29, 0.717) is 23.8 Å². The van der Waals surface area contributed by atoms with Gasteiger partial charge in [0.1, 0.15) is 5.82 Å². The predicted octanol–water partition coefficient (Wildman–Crippen LogP) is 10.8. The number of carbonyl (C=O) groups excluding carboxylic acids is 1. The van der Waals surface area contributed by atoms with Crippen LogP contribution in [-0.4, -0.2) is 42.3 Å². The highest BCUT2D eigenvalue weighted by molar-refractivity contribution is 9.10. The normalized spacial score (nSPS) is 11.6. The highest BCUT2D eigenvalue weighted by Gasteiger charge is 2.41. The molecule has 9 nitrogen and oxygen atoms in total. The van der Waals surface area contributed by atoms with E-state index in [4.69, 9.17) is 29.5 Å². The lowest BCUT2D eigenvalue weighted by Crippen LogP contribution is -2.39. The van der Waals surface area contributed by atoms with Gasteiger partial charge in [0.25, 0.3) is 0 Å². The van der Waals surface area contributed by atoms with E-state index in [9.17, 15) is 4.79 Å². The van der Waals surface area contributed by atoms with Gasteiger partial charge in [-0.3, -0.25) is 0 Å². The van der Waals surface area contributed by atoms with E-state index in [1.165, 1.54) is 0 Å². The number of nitrogens with zero attached hydrogens (tertiary/aromatic N) is 6. The molecule has 0 atom stereocenters. The highest BCUT2D eigenvalue weighted by Crippen LogP contribution is 2.49. The van der Waals surface area contributed by atoms with Gasteiger partial charge < -0.3 is 13.7 Å². The summed E-state index contributed by atoms with van der Waals surface area (Å²) >= 11 is 4.00. The number of esters is 1. The summed E-state index contributed by atoms with van der Waals surface area (Å²) in [5, 5.41) is 14.9. The third-order valence-electron chi connectivity index (χ3n) is 10.6. The summed E-state index contributed by atoms with van der Waals surface area (Å²) < 4.78 is 14.2. The van der Waals surface area contributed by atoms with Crippen LogP contribution in [0, 0.1) is 6.92 Å². The third-order valence-corrected chi connectivity index (χ3v) is 11.4. The van der Waals surface area contributed by atoms with Crippen LogP contribution in [0.4, 0.5) is 0 Å². The Morgan fingerprint density at radius 1 is 0.772 bits per heavy atom. The first-order valence-corrected chi connectivity index (χ1v) is 20.2. The summed E-state index contributed by atoms with van der Waals surface area (Å²) in [6, 6.07) is 41.1. The fourth-order valence-corrected chi connectivity index (χ4v) is 8.79. The smallest absolute Gasteiger partial charge is 0.356 e. The molecule has 2 aromatic heterocycles. The van der Waals surface area contributed by atoms with Gasteiger partial charge in [0.05, 0.1) is 31.4 Å². The summed E-state index contributed by atoms with van der Waals surface area (Å²) in [5.41, 5.74) is 8.75. The van der Waals surface area contributed by atoms with E-state index in [2.05, 4.69) is 65.3 Å². The number of imidazole rings is 1. The maximum Gasteiger partial charge on any atom is 0.356 e. The molecule has 6 aromatic rings. The molecule has 0 spiro atoms. The molecule has 0 fully saturated rings. The van der Waals surface area contributed by atoms with E-state index in [1.807, 2.05) is 97.3 Å². The quantitative estimate of drug-likeness (QED) is 0.0612. The van der Waals surface area contributed by atoms with E-state index < -0.39 is 5.54 Å². The second kappa shape index (κ2) is 16.5. The van der Waals surface area contributed by atoms with Crippen molar-refractivity contribution in [1.82, 2.24) is 29.8 Å². The average Bonchev–Trinajstić information content (AvgIpc) is 3.94. The number of tetrazole rings is 1. The molecule has 3 heterocycles. The lowest BCUT2D eigenvalue weighted by atomic mass is 9.77. The standard InChI is InChI=1S/C47H43BrN6O3/c1-4-6-10-27-41-49-32(3)44(46(55)57-5-2)53(41)30-39-36-28-29-56-31-40(36)43(48)42(39)37-25-17-18-26-38(37)45-50-52-54(51-45)47(33-19-11-7-12-20-33,34-21-13-8-14-22-34)35-23-15-9-16-24-35/h7-9,11-26,28-29,31H,4-6,10,27,30H2,1-3H3. The molecule has 0 saturated carbocycles. The average molecular weight is 820 g/mol. The molecule has 0 radical (unpaired) electrons. The topological polar surface area (TPSA) is 101 Å². The van der Waals surface area contributed by atoms with Gasteiger partial charge in [-0.25, -0.2) is 9.78 Å². The number of benzene rings is 4. The van der Waals surface area contributed by atoms with Gasteiger partial charge in [-0.15, -0.1) is 15.0 Å². The van der Waals surface area contributed by atoms with Gasteiger partial charge in [-0.1, -0.05) is 135 Å². The largest absolute Gasteiger partial charge is 0.472 e. The van der Waals surface area contributed by atoms with Gasteiger partial charge in [0.15, 0.2) is 11.2 Å². The molecule has 57 heavy (non-hydrogen) atoms. The predicted molar refractivity (Wildman–Crippen MR) is 225 cm³/mol. The van der Waals surface area contributed by atoms with Gasteiger partial charge in [0, 0.05) is 27.6 Å². The number of rotatable bonds is 14. The van der Waals surface area contributed by atoms with E-state index >= 15 is 0 Å². The highest BCUT2D eigenvalue weighted by atomic mass is 79.9. The SMILES string of the molecule is CCCCCc1nc(C)c(C(=O)OCC)n1Cc1c2ccocc-2c(Br)c1-c1ccccc1-c1nnn(C(c2ccccc2)(c2ccccc2)c2ccccc2)n1. The summed E-state index contributed by atoms with van der Waals surface area (Å²) in [6.07, 6.45) is 7.30. The Hall–Kier alpha value is -6.13. The zero-order valence-corrected chi connectivity index (χ0v) is 33.8. The van der Waals surface area contributed by atoms with Crippen molar-refractivity contribution >= 4 is 21.9 Å². The van der Waals surface area contributed by atoms with Gasteiger partial charge in [0.2, 0.25) is 5.82 Å². The minimum Gasteiger partial charge on any atom is -0.472 e. The molecule has 1 aliphatic carbocycles. The zero-order valence-electron chi connectivity index (χ0n) is 32.2. The zero-order chi connectivity index (χ0) is 39.4. The van der Waals surface area contributed by atoms with Crippen molar-refractivity contribution < 1.29 is 13.9 Å². The maximum absolute atomic E-state index is 13.5. The Kier molecular flexibility index (Phi) is 11.0. The van der Waals surface area contributed by atoms with Crippen LogP contribution in [0.25, 0.3) is 33.6 Å². The lowest BCUT2D eigenvalue weighted by Gasteiger charge is -2.34.